The van der Waals surface area contributed by atoms with Gasteiger partial charge in [0.05, 0.1) is 36.4 Å². The number of carbonyl (C=O) groups excluding carboxylic acids is 1. The molecule has 0 saturated heterocycles. The van der Waals surface area contributed by atoms with Gasteiger partial charge in [-0.25, -0.2) is 8.42 Å². The number of rotatable bonds is 8. The molecule has 0 aliphatic carbocycles. The lowest BCUT2D eigenvalue weighted by Gasteiger charge is -2.21. The van der Waals surface area contributed by atoms with Crippen LogP contribution in [0.3, 0.4) is 0 Å². The van der Waals surface area contributed by atoms with E-state index in [-0.39, 0.29) is 18.0 Å². The minimum absolute atomic E-state index is 0.129. The van der Waals surface area contributed by atoms with Gasteiger partial charge in [-0.1, -0.05) is 48.9 Å². The van der Waals surface area contributed by atoms with E-state index in [4.69, 9.17) is 21.1 Å². The first kappa shape index (κ1) is 22.9. The van der Waals surface area contributed by atoms with Crippen LogP contribution >= 0.6 is 11.6 Å². The molecule has 0 atom stereocenters. The smallest absolute Gasteiger partial charge is 0.243 e. The number of methoxy groups -OCH3 is 2. The molecule has 1 N–H and O–H groups in total. The maximum Gasteiger partial charge on any atom is 0.243 e. The monoisotopic (exact) mass is 462 g/mol. The molecule has 3 aromatic rings. The van der Waals surface area contributed by atoms with Crippen LogP contribution in [0.25, 0.3) is 10.8 Å². The zero-order chi connectivity index (χ0) is 22.6. The molecule has 164 valence electrons. The normalized spacial score (nSPS) is 11.5. The van der Waals surface area contributed by atoms with Gasteiger partial charge >= 0.3 is 0 Å². The highest BCUT2D eigenvalue weighted by Gasteiger charge is 2.26. The summed E-state index contributed by atoms with van der Waals surface area (Å²) >= 11 is 6.09. The first-order valence-electron chi connectivity index (χ1n) is 9.50. The van der Waals surface area contributed by atoms with Gasteiger partial charge in [0.1, 0.15) is 11.5 Å². The molecule has 0 heterocycles. The zero-order valence-corrected chi connectivity index (χ0v) is 19.0. The molecule has 0 fully saturated rings. The SMILES string of the molecule is CCN(CC(=O)Nc1cc(OC)c(Cl)cc1OC)S(=O)(=O)c1ccc2ccccc2c1. The molecule has 9 heteroatoms. The summed E-state index contributed by atoms with van der Waals surface area (Å²) in [7, 11) is -0.976. The number of hydrogen-bond acceptors (Lipinski definition) is 5. The Morgan fingerprint density at radius 3 is 2.32 bits per heavy atom. The Morgan fingerprint density at radius 1 is 1.00 bits per heavy atom. The van der Waals surface area contributed by atoms with Gasteiger partial charge in [-0.05, 0) is 22.9 Å². The average Bonchev–Trinajstić information content (AvgIpc) is 2.77. The number of benzene rings is 3. The fourth-order valence-electron chi connectivity index (χ4n) is 3.15. The minimum atomic E-state index is -3.87. The van der Waals surface area contributed by atoms with E-state index in [1.54, 1.807) is 25.1 Å². The number of amides is 1. The molecule has 7 nitrogen and oxygen atoms in total. The highest BCUT2D eigenvalue weighted by atomic mass is 35.5. The zero-order valence-electron chi connectivity index (χ0n) is 17.4. The molecule has 3 rings (SSSR count). The third kappa shape index (κ3) is 4.92. The summed E-state index contributed by atoms with van der Waals surface area (Å²) in [5, 5.41) is 4.74. The van der Waals surface area contributed by atoms with Gasteiger partial charge in [-0.3, -0.25) is 4.79 Å². The maximum atomic E-state index is 13.1. The van der Waals surface area contributed by atoms with Crippen LogP contribution in [0, 0.1) is 0 Å². The second-order valence-corrected chi connectivity index (χ2v) is 9.02. The summed E-state index contributed by atoms with van der Waals surface area (Å²) < 4.78 is 37.8. The number of nitrogens with zero attached hydrogens (tertiary/aromatic N) is 1. The fourth-order valence-corrected chi connectivity index (χ4v) is 4.82. The number of fused-ring (bicyclic) bond motifs is 1. The van der Waals surface area contributed by atoms with Gasteiger partial charge in [-0.15, -0.1) is 0 Å². The maximum absolute atomic E-state index is 13.1. The van der Waals surface area contributed by atoms with E-state index < -0.39 is 15.9 Å². The van der Waals surface area contributed by atoms with Gasteiger partial charge in [0.15, 0.2) is 0 Å². The van der Waals surface area contributed by atoms with Crippen molar-refractivity contribution in [2.24, 2.45) is 0 Å². The van der Waals surface area contributed by atoms with Crippen molar-refractivity contribution in [3.8, 4) is 11.5 Å². The van der Waals surface area contributed by atoms with Crippen molar-refractivity contribution >= 4 is 44.0 Å². The molecular formula is C22H23ClN2O5S. The second-order valence-electron chi connectivity index (χ2n) is 6.68. The largest absolute Gasteiger partial charge is 0.495 e. The molecule has 31 heavy (non-hydrogen) atoms. The van der Waals surface area contributed by atoms with Crippen LogP contribution in [0.1, 0.15) is 6.92 Å². The van der Waals surface area contributed by atoms with Crippen molar-refractivity contribution in [2.45, 2.75) is 11.8 Å². The number of anilines is 1. The average molecular weight is 463 g/mol. The van der Waals surface area contributed by atoms with Crippen molar-refractivity contribution in [1.29, 1.82) is 0 Å². The first-order chi connectivity index (χ1) is 14.8. The van der Waals surface area contributed by atoms with Crippen LogP contribution in [0.4, 0.5) is 5.69 Å². The number of hydrogen-bond donors (Lipinski definition) is 1. The summed E-state index contributed by atoms with van der Waals surface area (Å²) in [5.41, 5.74) is 0.327. The molecule has 0 unspecified atom stereocenters. The second kappa shape index (κ2) is 9.55. The molecule has 1 amide bonds. The molecular weight excluding hydrogens is 440 g/mol. The molecule has 0 radical (unpaired) electrons. The van der Waals surface area contributed by atoms with E-state index in [0.717, 1.165) is 15.1 Å². The van der Waals surface area contributed by atoms with E-state index in [2.05, 4.69) is 5.32 Å². The Hall–Kier alpha value is -2.81. The lowest BCUT2D eigenvalue weighted by molar-refractivity contribution is -0.116. The van der Waals surface area contributed by atoms with E-state index in [1.807, 2.05) is 24.3 Å². The summed E-state index contributed by atoms with van der Waals surface area (Å²) in [4.78, 5) is 12.8. The number of carbonyl (C=O) groups is 1. The predicted octanol–water partition coefficient (Wildman–Crippen LogP) is 4.16. The Labute approximate surface area is 186 Å². The van der Waals surface area contributed by atoms with Crippen LogP contribution in [-0.4, -0.2) is 45.9 Å². The Balaban J connectivity index is 1.83. The lowest BCUT2D eigenvalue weighted by Crippen LogP contribution is -2.37. The quantitative estimate of drug-likeness (QED) is 0.543. The number of ether oxygens (including phenoxy) is 2. The van der Waals surface area contributed by atoms with E-state index in [9.17, 15) is 13.2 Å². The van der Waals surface area contributed by atoms with Gasteiger partial charge in [-0.2, -0.15) is 4.31 Å². The van der Waals surface area contributed by atoms with Gasteiger partial charge in [0.25, 0.3) is 0 Å². The third-order valence-corrected chi connectivity index (χ3v) is 6.99. The van der Waals surface area contributed by atoms with Crippen LogP contribution in [0.2, 0.25) is 5.02 Å². The fraction of sp³-hybridized carbons (Fsp3) is 0.227. The van der Waals surface area contributed by atoms with E-state index in [1.165, 1.54) is 26.4 Å². The van der Waals surface area contributed by atoms with Crippen LogP contribution < -0.4 is 14.8 Å². The molecule has 0 spiro atoms. The van der Waals surface area contributed by atoms with Crippen molar-refractivity contribution in [1.82, 2.24) is 4.31 Å². The van der Waals surface area contributed by atoms with Gasteiger partial charge in [0.2, 0.25) is 15.9 Å². The predicted molar refractivity (Wildman–Crippen MR) is 122 cm³/mol. The highest BCUT2D eigenvalue weighted by molar-refractivity contribution is 7.89. The van der Waals surface area contributed by atoms with E-state index >= 15 is 0 Å². The van der Waals surface area contributed by atoms with Crippen molar-refractivity contribution in [3.05, 3.63) is 59.6 Å². The standard InChI is InChI=1S/C22H23ClN2O5S/c1-4-25(31(27,28)17-10-9-15-7-5-6-8-16(15)11-17)14-22(26)24-19-13-20(29-2)18(23)12-21(19)30-3/h5-13H,4,14H2,1-3H3,(H,24,26). The van der Waals surface area contributed by atoms with Crippen LogP contribution in [0.15, 0.2) is 59.5 Å². The Bertz CT molecular complexity index is 1210. The van der Waals surface area contributed by atoms with Gasteiger partial charge < -0.3 is 14.8 Å². The number of likely N-dealkylation sites (N-methyl/N-ethyl adjacent to an activating group) is 1. The molecule has 0 bridgehead atoms. The van der Waals surface area contributed by atoms with Crippen LogP contribution in [-0.2, 0) is 14.8 Å². The molecule has 3 aromatic carbocycles. The van der Waals surface area contributed by atoms with Crippen molar-refractivity contribution in [3.63, 3.8) is 0 Å². The van der Waals surface area contributed by atoms with Crippen molar-refractivity contribution in [2.75, 3.05) is 32.6 Å². The molecule has 0 aliphatic rings. The topological polar surface area (TPSA) is 84.9 Å². The molecule has 0 aromatic heterocycles. The van der Waals surface area contributed by atoms with Crippen LogP contribution in [0.5, 0.6) is 11.5 Å². The molecule has 0 aliphatic heterocycles. The first-order valence-corrected chi connectivity index (χ1v) is 11.3. The summed E-state index contributed by atoms with van der Waals surface area (Å²) in [5.74, 6) is 0.169. The summed E-state index contributed by atoms with van der Waals surface area (Å²) in [6, 6.07) is 15.4. The summed E-state index contributed by atoms with van der Waals surface area (Å²) in [6.07, 6.45) is 0. The lowest BCUT2D eigenvalue weighted by atomic mass is 10.1. The Kier molecular flexibility index (Phi) is 7.04. The Morgan fingerprint density at radius 2 is 1.68 bits per heavy atom. The number of sulfonamides is 1. The van der Waals surface area contributed by atoms with Crippen molar-refractivity contribution < 1.29 is 22.7 Å². The number of halogens is 1. The van der Waals surface area contributed by atoms with Gasteiger partial charge in [0, 0.05) is 18.7 Å². The number of nitrogens with one attached hydrogen (secondary N) is 1. The van der Waals surface area contributed by atoms with E-state index in [0.29, 0.717) is 22.2 Å². The minimum Gasteiger partial charge on any atom is -0.495 e. The highest BCUT2D eigenvalue weighted by Crippen LogP contribution is 2.35. The molecule has 0 saturated carbocycles. The summed E-state index contributed by atoms with van der Waals surface area (Å²) in [6.45, 7) is 1.45. The third-order valence-electron chi connectivity index (χ3n) is 4.78.